The summed E-state index contributed by atoms with van der Waals surface area (Å²) >= 11 is 0. The van der Waals surface area contributed by atoms with Gasteiger partial charge in [-0.05, 0) is 60.3 Å². The van der Waals surface area contributed by atoms with Crippen LogP contribution in [0.3, 0.4) is 0 Å². The first-order valence-electron chi connectivity index (χ1n) is 12.3. The van der Waals surface area contributed by atoms with Gasteiger partial charge in [0.15, 0.2) is 0 Å². The number of halogens is 2. The number of aliphatic hydroxyl groups excluding tert-OH is 1. The third-order valence-corrected chi connectivity index (χ3v) is 9.37. The van der Waals surface area contributed by atoms with Crippen LogP contribution in [0.2, 0.25) is 0 Å². The van der Waals surface area contributed by atoms with Crippen molar-refractivity contribution in [1.82, 2.24) is 29.9 Å². The Bertz CT molecular complexity index is 1560. The zero-order valence-corrected chi connectivity index (χ0v) is 19.4. The molecule has 4 aliphatic carbocycles. The van der Waals surface area contributed by atoms with E-state index in [2.05, 4.69) is 27.2 Å². The van der Waals surface area contributed by atoms with E-state index >= 15 is 0 Å². The lowest BCUT2D eigenvalue weighted by atomic mass is 9.57. The summed E-state index contributed by atoms with van der Waals surface area (Å²) in [5.74, 6) is -0.520. The van der Waals surface area contributed by atoms with Gasteiger partial charge in [-0.3, -0.25) is 9.67 Å². The lowest BCUT2D eigenvalue weighted by molar-refractivity contribution is 0.0434. The van der Waals surface area contributed by atoms with Gasteiger partial charge in [0.1, 0.15) is 11.6 Å². The van der Waals surface area contributed by atoms with Crippen LogP contribution in [0.1, 0.15) is 55.1 Å². The molecule has 3 aromatic heterocycles. The molecule has 1 N–H and O–H groups in total. The topological polar surface area (TPSA) is 89.6 Å². The van der Waals surface area contributed by atoms with Crippen molar-refractivity contribution in [3.05, 3.63) is 77.6 Å². The Balaban J connectivity index is 1.20. The third kappa shape index (κ3) is 2.32. The summed E-state index contributed by atoms with van der Waals surface area (Å²) in [6.07, 6.45) is 9.41. The quantitative estimate of drug-likeness (QED) is 0.467. The maximum atomic E-state index is 14.5. The number of aliphatic hydroxyl groups is 1. The average Bonchev–Trinajstić information content (AvgIpc) is 3.17. The maximum Gasteiger partial charge on any atom is 0.135 e. The van der Waals surface area contributed by atoms with Crippen molar-refractivity contribution in [3.63, 3.8) is 0 Å². The largest absolute Gasteiger partial charge is 0.393 e. The second-order valence-electron chi connectivity index (χ2n) is 10.9. The summed E-state index contributed by atoms with van der Waals surface area (Å²) in [5, 5.41) is 23.0. The highest BCUT2D eigenvalue weighted by Gasteiger charge is 2.87. The number of benzene rings is 1. The Hall–Kier alpha value is -3.59. The Labute approximate surface area is 205 Å². The predicted molar refractivity (Wildman–Crippen MR) is 125 cm³/mol. The molecule has 0 saturated heterocycles. The van der Waals surface area contributed by atoms with Crippen LogP contribution < -0.4 is 0 Å². The van der Waals surface area contributed by atoms with Crippen molar-refractivity contribution in [2.24, 2.45) is 11.3 Å². The first-order chi connectivity index (χ1) is 17.4. The van der Waals surface area contributed by atoms with Crippen molar-refractivity contribution in [2.45, 2.75) is 49.7 Å². The molecule has 36 heavy (non-hydrogen) atoms. The fraction of sp³-hybridized carbons (Fsp3) is 0.370. The van der Waals surface area contributed by atoms with Crippen LogP contribution in [-0.4, -0.2) is 41.2 Å². The van der Waals surface area contributed by atoms with E-state index in [1.54, 1.807) is 12.4 Å². The van der Waals surface area contributed by atoms with Gasteiger partial charge in [0.2, 0.25) is 0 Å². The summed E-state index contributed by atoms with van der Waals surface area (Å²) < 4.78 is 30.8. The summed E-state index contributed by atoms with van der Waals surface area (Å²) in [6, 6.07) is 5.87. The summed E-state index contributed by atoms with van der Waals surface area (Å²) in [4.78, 5) is 9.58. The van der Waals surface area contributed by atoms with Gasteiger partial charge < -0.3 is 5.11 Å². The molecule has 0 spiro atoms. The highest BCUT2D eigenvalue weighted by Crippen LogP contribution is 2.90. The zero-order chi connectivity index (χ0) is 24.4. The van der Waals surface area contributed by atoms with E-state index in [-0.39, 0.29) is 34.7 Å². The smallest absolute Gasteiger partial charge is 0.135 e. The molecule has 1 aromatic carbocycles. The van der Waals surface area contributed by atoms with Crippen LogP contribution in [0.15, 0.2) is 49.1 Å². The predicted octanol–water partition coefficient (Wildman–Crippen LogP) is 4.19. The van der Waals surface area contributed by atoms with Crippen LogP contribution in [0.5, 0.6) is 0 Å². The first kappa shape index (κ1) is 20.6. The van der Waals surface area contributed by atoms with E-state index in [4.69, 9.17) is 4.98 Å². The lowest BCUT2D eigenvalue weighted by Gasteiger charge is -2.46. The molecule has 4 aliphatic rings. The summed E-state index contributed by atoms with van der Waals surface area (Å²) in [6.45, 7) is 2.26. The number of hydrogen-bond acceptors (Lipinski definition) is 6. The Kier molecular flexibility index (Phi) is 3.77. The number of fused-ring (bicyclic) bond motifs is 4. The van der Waals surface area contributed by atoms with E-state index in [0.29, 0.717) is 18.8 Å². The van der Waals surface area contributed by atoms with E-state index in [0.717, 1.165) is 34.6 Å². The Morgan fingerprint density at radius 2 is 1.86 bits per heavy atom. The highest BCUT2D eigenvalue weighted by molar-refractivity contribution is 5.68. The first-order valence-corrected chi connectivity index (χ1v) is 12.3. The molecule has 9 heteroatoms. The van der Waals surface area contributed by atoms with Gasteiger partial charge in [0, 0.05) is 18.0 Å². The normalized spacial score (nSPS) is 32.9. The Morgan fingerprint density at radius 3 is 2.64 bits per heavy atom. The fourth-order valence-electron chi connectivity index (χ4n) is 7.32. The molecule has 0 aliphatic heterocycles. The third-order valence-electron chi connectivity index (χ3n) is 9.37. The van der Waals surface area contributed by atoms with Crippen molar-refractivity contribution in [1.29, 1.82) is 0 Å². The molecule has 7 nitrogen and oxygen atoms in total. The van der Waals surface area contributed by atoms with E-state index < -0.39 is 17.0 Å². The molecular weight excluding hydrogens is 462 g/mol. The Morgan fingerprint density at radius 1 is 1.06 bits per heavy atom. The molecule has 0 amide bonds. The molecule has 4 atom stereocenters. The minimum atomic E-state index is -0.642. The van der Waals surface area contributed by atoms with Crippen LogP contribution >= 0.6 is 0 Å². The zero-order valence-electron chi connectivity index (χ0n) is 19.4. The van der Waals surface area contributed by atoms with Gasteiger partial charge in [-0.1, -0.05) is 13.0 Å². The van der Waals surface area contributed by atoms with Crippen molar-refractivity contribution in [3.8, 4) is 22.5 Å². The fourth-order valence-corrected chi connectivity index (χ4v) is 7.32. The molecule has 4 aromatic rings. The van der Waals surface area contributed by atoms with Crippen LogP contribution in [0.4, 0.5) is 8.78 Å². The molecule has 0 radical (unpaired) electrons. The number of rotatable bonds is 4. The molecule has 8 rings (SSSR count). The maximum absolute atomic E-state index is 14.5. The van der Waals surface area contributed by atoms with Crippen molar-refractivity contribution < 1.29 is 13.9 Å². The standard InChI is InChI=1S/C27H22F2N6O/c1-26-17-8-27(26,22-11-30-10-21(32-22)13-9-31-35(12-13)14-5-15(36)6-14)25-16(24(17)26)7-20(33-34-25)23-18(28)3-2-4-19(23)29/h2-4,7,9-12,14-15,17,24,36H,5-6,8H2,1H3/t14?,15?,17?,24-,26?,27+/m1/s1. The number of hydrogen-bond donors (Lipinski definition) is 1. The van der Waals surface area contributed by atoms with Crippen LogP contribution in [-0.2, 0) is 5.41 Å². The molecule has 0 bridgehead atoms. The number of nitrogens with zero attached hydrogens (tertiary/aromatic N) is 6. The van der Waals surface area contributed by atoms with E-state index in [1.807, 2.05) is 23.1 Å². The summed E-state index contributed by atoms with van der Waals surface area (Å²) in [7, 11) is 0. The van der Waals surface area contributed by atoms with Gasteiger partial charge in [-0.15, -0.1) is 5.10 Å². The average molecular weight is 485 g/mol. The molecule has 3 saturated carbocycles. The van der Waals surface area contributed by atoms with Gasteiger partial charge in [0.25, 0.3) is 0 Å². The van der Waals surface area contributed by atoms with Crippen molar-refractivity contribution >= 4 is 0 Å². The van der Waals surface area contributed by atoms with Gasteiger partial charge in [-0.25, -0.2) is 13.8 Å². The van der Waals surface area contributed by atoms with Gasteiger partial charge in [-0.2, -0.15) is 10.2 Å². The molecule has 3 fully saturated rings. The SMILES string of the molecule is CC12C3C[C@]1(c1cncc(-c4cnn(C5CC(O)C5)c4)n1)c1nnc(-c4c(F)cccc4F)cc1[C@H]32. The molecule has 3 heterocycles. The molecular formula is C27H22F2N6O. The van der Waals surface area contributed by atoms with Crippen LogP contribution in [0, 0.1) is 23.0 Å². The minimum Gasteiger partial charge on any atom is -0.393 e. The lowest BCUT2D eigenvalue weighted by Crippen LogP contribution is -2.46. The highest BCUT2D eigenvalue weighted by atomic mass is 19.1. The van der Waals surface area contributed by atoms with Crippen LogP contribution in [0.25, 0.3) is 22.5 Å². The van der Waals surface area contributed by atoms with Gasteiger partial charge in [0.05, 0.1) is 58.3 Å². The monoisotopic (exact) mass is 484 g/mol. The molecule has 2 unspecified atom stereocenters. The van der Waals surface area contributed by atoms with E-state index in [9.17, 15) is 13.9 Å². The second-order valence-corrected chi connectivity index (χ2v) is 10.9. The van der Waals surface area contributed by atoms with Gasteiger partial charge >= 0.3 is 0 Å². The second kappa shape index (κ2) is 6.59. The number of aromatic nitrogens is 6. The molecule has 180 valence electrons. The van der Waals surface area contributed by atoms with E-state index in [1.165, 1.54) is 18.2 Å². The van der Waals surface area contributed by atoms with Crippen molar-refractivity contribution in [2.75, 3.05) is 0 Å². The summed E-state index contributed by atoms with van der Waals surface area (Å²) in [5.41, 5.74) is 3.98. The minimum absolute atomic E-state index is 0.0457.